The van der Waals surface area contributed by atoms with Crippen LogP contribution in [-0.4, -0.2) is 36.9 Å². The highest BCUT2D eigenvalue weighted by Gasteiger charge is 2.32. The van der Waals surface area contributed by atoms with E-state index < -0.39 is 0 Å². The zero-order valence-electron chi connectivity index (χ0n) is 15.8. The molecular formula is C22H25N3O2. The third-order valence-electron chi connectivity index (χ3n) is 5.75. The zero-order valence-corrected chi connectivity index (χ0v) is 15.8. The predicted octanol–water partition coefficient (Wildman–Crippen LogP) is 3.89. The second kappa shape index (κ2) is 7.16. The van der Waals surface area contributed by atoms with Gasteiger partial charge < -0.3 is 10.2 Å². The number of hydrogen-bond donors (Lipinski definition) is 1. The number of piperidine rings is 1. The second-order valence-electron chi connectivity index (χ2n) is 7.71. The maximum absolute atomic E-state index is 13.5. The lowest BCUT2D eigenvalue weighted by molar-refractivity contribution is -0.119. The van der Waals surface area contributed by atoms with Crippen LogP contribution in [0.3, 0.4) is 0 Å². The Labute approximate surface area is 160 Å². The van der Waals surface area contributed by atoms with Crippen LogP contribution in [0.5, 0.6) is 0 Å². The van der Waals surface area contributed by atoms with E-state index in [9.17, 15) is 9.59 Å². The van der Waals surface area contributed by atoms with Crippen molar-refractivity contribution in [2.75, 3.05) is 30.4 Å². The molecule has 0 spiro atoms. The minimum absolute atomic E-state index is 0.0489. The molecule has 5 heteroatoms. The van der Waals surface area contributed by atoms with Gasteiger partial charge in [-0.25, -0.2) is 0 Å². The fraction of sp³-hybridized carbons (Fsp3) is 0.364. The molecule has 27 heavy (non-hydrogen) atoms. The monoisotopic (exact) mass is 363 g/mol. The Hall–Kier alpha value is -2.66. The summed E-state index contributed by atoms with van der Waals surface area (Å²) in [5.74, 6) is 0.707. The quantitative estimate of drug-likeness (QED) is 0.881. The van der Waals surface area contributed by atoms with Crippen LogP contribution >= 0.6 is 0 Å². The van der Waals surface area contributed by atoms with Gasteiger partial charge in [0.2, 0.25) is 5.91 Å². The van der Waals surface area contributed by atoms with Crippen LogP contribution in [0.4, 0.5) is 17.1 Å². The average molecular weight is 363 g/mol. The van der Waals surface area contributed by atoms with Crippen LogP contribution < -0.4 is 10.2 Å². The van der Waals surface area contributed by atoms with Crippen molar-refractivity contribution < 1.29 is 9.59 Å². The smallest absolute Gasteiger partial charge is 0.257 e. The summed E-state index contributed by atoms with van der Waals surface area (Å²) < 4.78 is 0. The Balaban J connectivity index is 1.71. The number of amides is 2. The van der Waals surface area contributed by atoms with Crippen LogP contribution in [0.2, 0.25) is 0 Å². The van der Waals surface area contributed by atoms with Crippen molar-refractivity contribution in [2.24, 2.45) is 11.8 Å². The molecule has 2 aliphatic rings. The number of benzene rings is 2. The van der Waals surface area contributed by atoms with E-state index in [1.807, 2.05) is 42.5 Å². The molecule has 0 aliphatic carbocycles. The highest BCUT2D eigenvalue weighted by molar-refractivity contribution is 6.17. The molecule has 2 aromatic rings. The number of carbonyl (C=O) groups is 2. The molecule has 5 nitrogen and oxygen atoms in total. The molecule has 0 aromatic heterocycles. The number of anilines is 3. The van der Waals surface area contributed by atoms with Gasteiger partial charge in [-0.2, -0.15) is 0 Å². The number of nitrogens with zero attached hydrogens (tertiary/aromatic N) is 2. The average Bonchev–Trinajstić information content (AvgIpc) is 2.78. The lowest BCUT2D eigenvalue weighted by Crippen LogP contribution is -2.39. The first-order valence-corrected chi connectivity index (χ1v) is 9.55. The Bertz CT molecular complexity index is 879. The fourth-order valence-corrected chi connectivity index (χ4v) is 4.24. The van der Waals surface area contributed by atoms with Crippen molar-refractivity contribution in [3.8, 4) is 0 Å². The summed E-state index contributed by atoms with van der Waals surface area (Å²) in [7, 11) is 2.13. The van der Waals surface area contributed by atoms with Crippen LogP contribution in [0.15, 0.2) is 48.5 Å². The van der Waals surface area contributed by atoms with E-state index in [1.165, 1.54) is 0 Å². The van der Waals surface area contributed by atoms with E-state index in [0.717, 1.165) is 25.2 Å². The van der Waals surface area contributed by atoms with Crippen molar-refractivity contribution in [3.63, 3.8) is 0 Å². The first-order valence-electron chi connectivity index (χ1n) is 9.55. The molecule has 2 amide bonds. The summed E-state index contributed by atoms with van der Waals surface area (Å²) >= 11 is 0. The van der Waals surface area contributed by atoms with Gasteiger partial charge in [0.1, 0.15) is 0 Å². The number of nitrogens with one attached hydrogen (secondary N) is 1. The molecule has 2 heterocycles. The Morgan fingerprint density at radius 2 is 1.81 bits per heavy atom. The molecule has 2 aromatic carbocycles. The Morgan fingerprint density at radius 1 is 1.11 bits per heavy atom. The lowest BCUT2D eigenvalue weighted by Gasteiger charge is -2.35. The summed E-state index contributed by atoms with van der Waals surface area (Å²) in [6.07, 6.45) is 1.52. The minimum Gasteiger partial charge on any atom is -0.320 e. The van der Waals surface area contributed by atoms with Gasteiger partial charge in [0.05, 0.1) is 22.6 Å². The van der Waals surface area contributed by atoms with Gasteiger partial charge >= 0.3 is 0 Å². The first-order chi connectivity index (χ1) is 13.0. The van der Waals surface area contributed by atoms with Gasteiger partial charge in [-0.1, -0.05) is 31.2 Å². The number of carbonyl (C=O) groups excluding carboxylic acids is 2. The zero-order chi connectivity index (χ0) is 19.0. The highest BCUT2D eigenvalue weighted by atomic mass is 16.2. The minimum atomic E-state index is -0.180. The maximum Gasteiger partial charge on any atom is 0.257 e. The molecule has 1 saturated heterocycles. The van der Waals surface area contributed by atoms with Gasteiger partial charge in [-0.3, -0.25) is 14.5 Å². The van der Waals surface area contributed by atoms with Crippen molar-refractivity contribution in [2.45, 2.75) is 19.8 Å². The van der Waals surface area contributed by atoms with E-state index in [0.29, 0.717) is 35.2 Å². The van der Waals surface area contributed by atoms with E-state index in [-0.39, 0.29) is 11.8 Å². The van der Waals surface area contributed by atoms with Crippen LogP contribution in [0, 0.1) is 11.8 Å². The number of rotatable bonds is 2. The fourth-order valence-electron chi connectivity index (χ4n) is 4.24. The molecular weight excluding hydrogens is 338 g/mol. The molecule has 0 radical (unpaired) electrons. The van der Waals surface area contributed by atoms with Crippen molar-refractivity contribution in [3.05, 3.63) is 54.1 Å². The molecule has 1 N–H and O–H groups in total. The van der Waals surface area contributed by atoms with Crippen molar-refractivity contribution in [1.82, 2.24) is 4.90 Å². The van der Waals surface area contributed by atoms with Crippen LogP contribution in [0.25, 0.3) is 0 Å². The summed E-state index contributed by atoms with van der Waals surface area (Å²) in [5.41, 5.74) is 2.59. The topological polar surface area (TPSA) is 52.7 Å². The highest BCUT2D eigenvalue weighted by Crippen LogP contribution is 2.39. The summed E-state index contributed by atoms with van der Waals surface area (Å²) in [5, 5.41) is 2.94. The normalized spacial score (nSPS) is 22.4. The van der Waals surface area contributed by atoms with E-state index in [2.05, 4.69) is 24.2 Å². The van der Waals surface area contributed by atoms with Crippen LogP contribution in [-0.2, 0) is 4.79 Å². The van der Waals surface area contributed by atoms with E-state index >= 15 is 0 Å². The molecule has 1 fully saturated rings. The number of hydrogen-bond acceptors (Lipinski definition) is 3. The van der Waals surface area contributed by atoms with E-state index in [4.69, 9.17) is 0 Å². The number of fused-ring (bicyclic) bond motifs is 2. The second-order valence-corrected chi connectivity index (χ2v) is 7.71. The summed E-state index contributed by atoms with van der Waals surface area (Å²) in [6, 6.07) is 14.8. The molecule has 0 unspecified atom stereocenters. The lowest BCUT2D eigenvalue weighted by atomic mass is 9.84. The molecule has 0 bridgehead atoms. The maximum atomic E-state index is 13.5. The molecule has 4 rings (SSSR count). The Morgan fingerprint density at radius 3 is 2.59 bits per heavy atom. The molecule has 140 valence electrons. The molecule has 0 saturated carbocycles. The predicted molar refractivity (Wildman–Crippen MR) is 107 cm³/mol. The van der Waals surface area contributed by atoms with Crippen LogP contribution in [0.1, 0.15) is 30.1 Å². The van der Waals surface area contributed by atoms with Gasteiger partial charge in [0, 0.05) is 13.0 Å². The van der Waals surface area contributed by atoms with Gasteiger partial charge in [-0.15, -0.1) is 0 Å². The van der Waals surface area contributed by atoms with Gasteiger partial charge in [0.25, 0.3) is 5.91 Å². The molecule has 2 aliphatic heterocycles. The standard InChI is InChI=1S/C22H25N3O2/c1-15-14-24(2)12-11-16(15)13-21(26)25-19-9-5-3-7-17(19)22(27)23-18-8-4-6-10-20(18)25/h3-10,15-16H,11-14H2,1-2H3,(H,23,27)/t15-,16+/m0/s1. The van der Waals surface area contributed by atoms with Gasteiger partial charge in [0.15, 0.2) is 0 Å². The van der Waals surface area contributed by atoms with Gasteiger partial charge in [-0.05, 0) is 56.1 Å². The SMILES string of the molecule is C[C@H]1CN(C)CC[C@@H]1CC(=O)N1c2ccccc2NC(=O)c2ccccc21. The van der Waals surface area contributed by atoms with Crippen molar-refractivity contribution >= 4 is 28.9 Å². The number of likely N-dealkylation sites (tertiary alicyclic amines) is 1. The summed E-state index contributed by atoms with van der Waals surface area (Å²) in [4.78, 5) is 30.2. The first kappa shape index (κ1) is 17.7. The third-order valence-corrected chi connectivity index (χ3v) is 5.75. The van der Waals surface area contributed by atoms with E-state index in [1.54, 1.807) is 11.0 Å². The third kappa shape index (κ3) is 3.35. The molecule has 2 atom stereocenters. The number of para-hydroxylation sites is 3. The Kier molecular flexibility index (Phi) is 4.70. The van der Waals surface area contributed by atoms with Crippen molar-refractivity contribution in [1.29, 1.82) is 0 Å². The summed E-state index contributed by atoms with van der Waals surface area (Å²) in [6.45, 7) is 4.27. The largest absolute Gasteiger partial charge is 0.320 e.